The van der Waals surface area contributed by atoms with E-state index in [0.717, 1.165) is 27.3 Å². The molecule has 0 aromatic heterocycles. The van der Waals surface area contributed by atoms with Gasteiger partial charge in [0.15, 0.2) is 0 Å². The van der Waals surface area contributed by atoms with E-state index in [1.807, 2.05) is 51.1 Å². The third-order valence-corrected chi connectivity index (χ3v) is 7.72. The molecule has 0 heterocycles. The summed E-state index contributed by atoms with van der Waals surface area (Å²) < 4.78 is 41.5. The Balaban J connectivity index is 2.06. The minimum atomic E-state index is -3.86. The minimum Gasteiger partial charge on any atom is -0.354 e. The van der Waals surface area contributed by atoms with Gasteiger partial charge in [0.25, 0.3) is 0 Å². The fraction of sp³-hybridized carbons (Fsp3) is 0.333. The second kappa shape index (κ2) is 13.4. The molecular formula is C30H36FN3O4S. The number of nitrogens with zero attached hydrogens (tertiary/aromatic N) is 2. The number of nitrogens with one attached hydrogen (secondary N) is 1. The molecule has 0 aliphatic heterocycles. The number of hydrogen-bond donors (Lipinski definition) is 1. The number of benzene rings is 3. The molecule has 39 heavy (non-hydrogen) atoms. The van der Waals surface area contributed by atoms with E-state index in [1.165, 1.54) is 11.0 Å². The first kappa shape index (κ1) is 29.8. The van der Waals surface area contributed by atoms with Crippen LogP contribution in [0.15, 0.2) is 72.8 Å². The standard InChI is InChI=1S/C30H36FN3O4S/c1-5-17-32-30(36)28(19-24-11-7-6-8-12-24)33(20-25-13-9-10-14-27(25)31)29(35)21-34(39(4,37)38)26-16-15-22(2)23(3)18-26/h6-16,18,28H,5,17,19-21H2,1-4H3,(H,32,36)/t28-/m0/s1. The zero-order chi connectivity index (χ0) is 28.6. The van der Waals surface area contributed by atoms with Crippen molar-refractivity contribution in [2.75, 3.05) is 23.7 Å². The van der Waals surface area contributed by atoms with Crippen LogP contribution in [-0.4, -0.2) is 50.5 Å². The molecule has 0 spiro atoms. The smallest absolute Gasteiger partial charge is 0.244 e. The highest BCUT2D eigenvalue weighted by Crippen LogP contribution is 2.23. The van der Waals surface area contributed by atoms with Crippen LogP contribution < -0.4 is 9.62 Å². The summed E-state index contributed by atoms with van der Waals surface area (Å²) in [5.74, 6) is -1.52. The van der Waals surface area contributed by atoms with Gasteiger partial charge in [-0.1, -0.05) is 61.5 Å². The van der Waals surface area contributed by atoms with E-state index in [1.54, 1.807) is 36.4 Å². The molecule has 0 radical (unpaired) electrons. The lowest BCUT2D eigenvalue weighted by molar-refractivity contribution is -0.140. The van der Waals surface area contributed by atoms with Gasteiger partial charge in [-0.25, -0.2) is 12.8 Å². The monoisotopic (exact) mass is 553 g/mol. The number of carbonyl (C=O) groups excluding carboxylic acids is 2. The fourth-order valence-corrected chi connectivity index (χ4v) is 5.07. The average molecular weight is 554 g/mol. The Morgan fingerprint density at radius 3 is 2.23 bits per heavy atom. The number of rotatable bonds is 12. The van der Waals surface area contributed by atoms with Gasteiger partial charge < -0.3 is 10.2 Å². The van der Waals surface area contributed by atoms with Gasteiger partial charge in [0.2, 0.25) is 21.8 Å². The predicted octanol–water partition coefficient (Wildman–Crippen LogP) is 4.37. The quantitative estimate of drug-likeness (QED) is 0.361. The summed E-state index contributed by atoms with van der Waals surface area (Å²) in [7, 11) is -3.86. The highest BCUT2D eigenvalue weighted by atomic mass is 32.2. The Kier molecular flexibility index (Phi) is 10.2. The van der Waals surface area contributed by atoms with E-state index < -0.39 is 34.3 Å². The van der Waals surface area contributed by atoms with Crippen molar-refractivity contribution in [3.8, 4) is 0 Å². The molecule has 3 aromatic carbocycles. The lowest BCUT2D eigenvalue weighted by Gasteiger charge is -2.33. The predicted molar refractivity (Wildman–Crippen MR) is 152 cm³/mol. The van der Waals surface area contributed by atoms with Gasteiger partial charge in [0.1, 0.15) is 18.4 Å². The molecule has 3 rings (SSSR count). The van der Waals surface area contributed by atoms with Gasteiger partial charge in [-0.15, -0.1) is 0 Å². The molecule has 0 aliphatic carbocycles. The first-order valence-electron chi connectivity index (χ1n) is 12.9. The van der Waals surface area contributed by atoms with Crippen molar-refractivity contribution in [1.29, 1.82) is 0 Å². The molecule has 7 nitrogen and oxygen atoms in total. The van der Waals surface area contributed by atoms with E-state index in [4.69, 9.17) is 0 Å². The maximum Gasteiger partial charge on any atom is 0.244 e. The summed E-state index contributed by atoms with van der Waals surface area (Å²) in [4.78, 5) is 28.7. The third kappa shape index (κ3) is 8.13. The molecule has 9 heteroatoms. The SMILES string of the molecule is CCCNC(=O)[C@H](Cc1ccccc1)N(Cc1ccccc1F)C(=O)CN(c1ccc(C)c(C)c1)S(C)(=O)=O. The Hall–Kier alpha value is -3.72. The molecular weight excluding hydrogens is 517 g/mol. The van der Waals surface area contributed by atoms with E-state index >= 15 is 0 Å². The third-order valence-electron chi connectivity index (χ3n) is 6.58. The van der Waals surface area contributed by atoms with Gasteiger partial charge in [-0.05, 0) is 55.2 Å². The summed E-state index contributed by atoms with van der Waals surface area (Å²) >= 11 is 0. The van der Waals surface area contributed by atoms with Crippen LogP contribution in [0.4, 0.5) is 10.1 Å². The molecule has 208 valence electrons. The Bertz CT molecular complexity index is 1400. The maximum absolute atomic E-state index is 14.8. The lowest BCUT2D eigenvalue weighted by Crippen LogP contribution is -2.53. The molecule has 0 aliphatic rings. The fourth-order valence-electron chi connectivity index (χ4n) is 4.22. The van der Waals surface area contributed by atoms with Gasteiger partial charge in [-0.2, -0.15) is 0 Å². The average Bonchev–Trinajstić information content (AvgIpc) is 2.90. The topological polar surface area (TPSA) is 86.8 Å². The zero-order valence-corrected chi connectivity index (χ0v) is 23.7. The molecule has 0 saturated heterocycles. The highest BCUT2D eigenvalue weighted by Gasteiger charge is 2.33. The van der Waals surface area contributed by atoms with Crippen LogP contribution in [0.2, 0.25) is 0 Å². The molecule has 0 saturated carbocycles. The highest BCUT2D eigenvalue weighted by molar-refractivity contribution is 7.92. The molecule has 3 aromatic rings. The molecule has 0 unspecified atom stereocenters. The number of sulfonamides is 1. The van der Waals surface area contributed by atoms with Crippen molar-refractivity contribution < 1.29 is 22.4 Å². The first-order valence-corrected chi connectivity index (χ1v) is 14.8. The molecule has 0 bridgehead atoms. The number of aryl methyl sites for hydroxylation is 2. The largest absolute Gasteiger partial charge is 0.354 e. The van der Waals surface area contributed by atoms with E-state index in [9.17, 15) is 22.4 Å². The van der Waals surface area contributed by atoms with Gasteiger partial charge >= 0.3 is 0 Å². The summed E-state index contributed by atoms with van der Waals surface area (Å²) in [6, 6.07) is 19.4. The molecule has 1 N–H and O–H groups in total. The van der Waals surface area contributed by atoms with Gasteiger partial charge in [-0.3, -0.25) is 13.9 Å². The second-order valence-electron chi connectivity index (χ2n) is 9.65. The Morgan fingerprint density at radius 2 is 1.62 bits per heavy atom. The Morgan fingerprint density at radius 1 is 0.949 bits per heavy atom. The first-order chi connectivity index (χ1) is 18.5. The summed E-state index contributed by atoms with van der Waals surface area (Å²) in [5, 5.41) is 2.86. The minimum absolute atomic E-state index is 0.180. The van der Waals surface area contributed by atoms with Crippen LogP contribution in [0.3, 0.4) is 0 Å². The summed E-state index contributed by atoms with van der Waals surface area (Å²) in [5.41, 5.74) is 3.24. The van der Waals surface area contributed by atoms with Crippen LogP contribution >= 0.6 is 0 Å². The maximum atomic E-state index is 14.8. The van der Waals surface area contributed by atoms with Crippen molar-refractivity contribution in [2.24, 2.45) is 0 Å². The van der Waals surface area contributed by atoms with E-state index in [0.29, 0.717) is 18.7 Å². The van der Waals surface area contributed by atoms with Crippen LogP contribution in [0.5, 0.6) is 0 Å². The number of halogens is 1. The van der Waals surface area contributed by atoms with Gasteiger partial charge in [0.05, 0.1) is 11.9 Å². The molecule has 0 fully saturated rings. The Labute approximate surface area is 230 Å². The van der Waals surface area contributed by atoms with Crippen LogP contribution in [-0.2, 0) is 32.6 Å². The zero-order valence-electron chi connectivity index (χ0n) is 22.9. The van der Waals surface area contributed by atoms with Crippen LogP contribution in [0.25, 0.3) is 0 Å². The van der Waals surface area contributed by atoms with E-state index in [2.05, 4.69) is 5.32 Å². The number of amides is 2. The number of hydrogen-bond acceptors (Lipinski definition) is 4. The number of carbonyl (C=O) groups is 2. The van der Waals surface area contributed by atoms with Crippen molar-refractivity contribution >= 4 is 27.5 Å². The normalized spacial score (nSPS) is 12.0. The lowest BCUT2D eigenvalue weighted by atomic mass is 10.0. The number of anilines is 1. The second-order valence-corrected chi connectivity index (χ2v) is 11.6. The van der Waals surface area contributed by atoms with Crippen LogP contribution in [0.1, 0.15) is 35.6 Å². The van der Waals surface area contributed by atoms with Crippen molar-refractivity contribution in [3.63, 3.8) is 0 Å². The molecule has 2 amide bonds. The van der Waals surface area contributed by atoms with Crippen molar-refractivity contribution in [1.82, 2.24) is 10.2 Å². The van der Waals surface area contributed by atoms with Gasteiger partial charge in [0, 0.05) is 25.1 Å². The van der Waals surface area contributed by atoms with Crippen molar-refractivity contribution in [2.45, 2.75) is 46.2 Å². The molecule has 1 atom stereocenters. The van der Waals surface area contributed by atoms with Crippen molar-refractivity contribution in [3.05, 3.63) is 101 Å². The van der Waals surface area contributed by atoms with E-state index in [-0.39, 0.29) is 24.4 Å². The summed E-state index contributed by atoms with van der Waals surface area (Å²) in [6.45, 7) is 5.36. The van der Waals surface area contributed by atoms with Crippen LogP contribution in [0, 0.1) is 19.7 Å². The summed E-state index contributed by atoms with van der Waals surface area (Å²) in [6.07, 6.45) is 1.91.